The molecule has 0 saturated heterocycles. The zero-order chi connectivity index (χ0) is 14.1. The molecule has 0 fully saturated rings. The van der Waals surface area contributed by atoms with Gasteiger partial charge in [-0.1, -0.05) is 6.07 Å². The Labute approximate surface area is 115 Å². The summed E-state index contributed by atoms with van der Waals surface area (Å²) in [5.41, 5.74) is 1.55. The first-order valence-corrected chi connectivity index (χ1v) is 6.24. The lowest BCUT2D eigenvalue weighted by Crippen LogP contribution is -1.99. The van der Waals surface area contributed by atoms with Gasteiger partial charge in [0.2, 0.25) is 0 Å². The standard InChI is InChI=1S/C16H13F2NO/c1-20-16-4-2-3-15-14(16)5-6-19(15)10-11-7-12(17)9-13(18)8-11/h2-9H,10H2,1H3. The predicted molar refractivity (Wildman–Crippen MR) is 74.0 cm³/mol. The Morgan fingerprint density at radius 2 is 1.80 bits per heavy atom. The van der Waals surface area contributed by atoms with E-state index in [0.29, 0.717) is 12.1 Å². The fraction of sp³-hybridized carbons (Fsp3) is 0.125. The summed E-state index contributed by atoms with van der Waals surface area (Å²) < 4.78 is 33.7. The van der Waals surface area contributed by atoms with E-state index in [1.165, 1.54) is 12.1 Å². The van der Waals surface area contributed by atoms with Crippen molar-refractivity contribution in [3.05, 3.63) is 65.9 Å². The molecule has 4 heteroatoms. The van der Waals surface area contributed by atoms with E-state index >= 15 is 0 Å². The van der Waals surface area contributed by atoms with Gasteiger partial charge < -0.3 is 9.30 Å². The molecule has 0 bridgehead atoms. The third kappa shape index (κ3) is 2.25. The van der Waals surface area contributed by atoms with Crippen LogP contribution >= 0.6 is 0 Å². The van der Waals surface area contributed by atoms with E-state index in [2.05, 4.69) is 0 Å². The van der Waals surface area contributed by atoms with Gasteiger partial charge in [-0.25, -0.2) is 8.78 Å². The number of halogens is 2. The molecule has 1 aromatic heterocycles. The Morgan fingerprint density at radius 3 is 2.50 bits per heavy atom. The molecule has 3 aromatic rings. The second-order valence-electron chi connectivity index (χ2n) is 4.61. The van der Waals surface area contributed by atoms with Gasteiger partial charge in [-0.3, -0.25) is 0 Å². The van der Waals surface area contributed by atoms with Gasteiger partial charge >= 0.3 is 0 Å². The number of rotatable bonds is 3. The third-order valence-corrected chi connectivity index (χ3v) is 3.27. The Kier molecular flexibility index (Phi) is 3.14. The van der Waals surface area contributed by atoms with Crippen LogP contribution in [0.3, 0.4) is 0 Å². The maximum Gasteiger partial charge on any atom is 0.128 e. The molecular formula is C16H13F2NO. The third-order valence-electron chi connectivity index (χ3n) is 3.27. The van der Waals surface area contributed by atoms with E-state index in [-0.39, 0.29) is 0 Å². The Balaban J connectivity index is 2.03. The van der Waals surface area contributed by atoms with Crippen molar-refractivity contribution in [1.82, 2.24) is 4.57 Å². The van der Waals surface area contributed by atoms with Crippen molar-refractivity contribution in [1.29, 1.82) is 0 Å². The molecule has 0 aliphatic heterocycles. The van der Waals surface area contributed by atoms with Crippen molar-refractivity contribution in [3.8, 4) is 5.75 Å². The molecule has 0 atom stereocenters. The lowest BCUT2D eigenvalue weighted by Gasteiger charge is -2.07. The fourth-order valence-electron chi connectivity index (χ4n) is 2.41. The van der Waals surface area contributed by atoms with Gasteiger partial charge in [-0.2, -0.15) is 0 Å². The molecular weight excluding hydrogens is 260 g/mol. The van der Waals surface area contributed by atoms with Crippen LogP contribution in [0.25, 0.3) is 10.9 Å². The lowest BCUT2D eigenvalue weighted by atomic mass is 10.2. The molecule has 3 rings (SSSR count). The minimum absolute atomic E-state index is 0.408. The maximum atomic E-state index is 13.2. The normalized spacial score (nSPS) is 10.9. The Bertz CT molecular complexity index is 744. The predicted octanol–water partition coefficient (Wildman–Crippen LogP) is 3.98. The minimum Gasteiger partial charge on any atom is -0.496 e. The summed E-state index contributed by atoms with van der Waals surface area (Å²) in [7, 11) is 1.62. The van der Waals surface area contributed by atoms with E-state index in [1.54, 1.807) is 7.11 Å². The molecule has 0 saturated carbocycles. The van der Waals surface area contributed by atoms with Crippen molar-refractivity contribution in [2.45, 2.75) is 6.54 Å². The Morgan fingerprint density at radius 1 is 1.05 bits per heavy atom. The smallest absolute Gasteiger partial charge is 0.128 e. The van der Waals surface area contributed by atoms with Gasteiger partial charge in [-0.15, -0.1) is 0 Å². The first kappa shape index (κ1) is 12.7. The summed E-state index contributed by atoms with van der Waals surface area (Å²) >= 11 is 0. The highest BCUT2D eigenvalue weighted by molar-refractivity contribution is 5.86. The number of benzene rings is 2. The molecule has 0 unspecified atom stereocenters. The van der Waals surface area contributed by atoms with E-state index in [4.69, 9.17) is 4.74 Å². The second-order valence-corrected chi connectivity index (χ2v) is 4.61. The van der Waals surface area contributed by atoms with Crippen molar-refractivity contribution in [2.75, 3.05) is 7.11 Å². The largest absolute Gasteiger partial charge is 0.496 e. The van der Waals surface area contributed by atoms with Gasteiger partial charge in [0.1, 0.15) is 17.4 Å². The summed E-state index contributed by atoms with van der Waals surface area (Å²) in [6.07, 6.45) is 1.88. The van der Waals surface area contributed by atoms with Crippen molar-refractivity contribution in [2.24, 2.45) is 0 Å². The quantitative estimate of drug-likeness (QED) is 0.704. The van der Waals surface area contributed by atoms with Crippen molar-refractivity contribution >= 4 is 10.9 Å². The highest BCUT2D eigenvalue weighted by Crippen LogP contribution is 2.26. The van der Waals surface area contributed by atoms with Crippen LogP contribution in [-0.2, 0) is 6.54 Å². The summed E-state index contributed by atoms with van der Waals surface area (Å²) in [4.78, 5) is 0. The number of ether oxygens (including phenoxy) is 1. The molecule has 0 radical (unpaired) electrons. The summed E-state index contributed by atoms with van der Waals surface area (Å²) in [5.74, 6) is -0.338. The number of hydrogen-bond acceptors (Lipinski definition) is 1. The van der Waals surface area contributed by atoms with E-state index < -0.39 is 11.6 Å². The average Bonchev–Trinajstić information content (AvgIpc) is 2.81. The molecule has 2 aromatic carbocycles. The molecule has 0 N–H and O–H groups in total. The fourth-order valence-corrected chi connectivity index (χ4v) is 2.41. The average molecular weight is 273 g/mol. The molecule has 2 nitrogen and oxygen atoms in total. The monoisotopic (exact) mass is 273 g/mol. The van der Waals surface area contributed by atoms with Gasteiger partial charge in [0.25, 0.3) is 0 Å². The van der Waals surface area contributed by atoms with E-state index in [9.17, 15) is 8.78 Å². The summed E-state index contributed by atoms with van der Waals surface area (Å²) in [6.45, 7) is 0.408. The SMILES string of the molecule is COc1cccc2c1ccn2Cc1cc(F)cc(F)c1. The van der Waals surface area contributed by atoms with Crippen LogP contribution in [0, 0.1) is 11.6 Å². The molecule has 20 heavy (non-hydrogen) atoms. The molecule has 0 aliphatic carbocycles. The zero-order valence-corrected chi connectivity index (χ0v) is 10.9. The second kappa shape index (κ2) is 4.96. The van der Waals surface area contributed by atoms with Crippen LogP contribution in [-0.4, -0.2) is 11.7 Å². The van der Waals surface area contributed by atoms with Crippen LogP contribution < -0.4 is 4.74 Å². The van der Waals surface area contributed by atoms with Gasteiger partial charge in [0, 0.05) is 24.2 Å². The number of fused-ring (bicyclic) bond motifs is 1. The summed E-state index contributed by atoms with van der Waals surface area (Å²) in [5, 5.41) is 0.979. The maximum absolute atomic E-state index is 13.2. The van der Waals surface area contributed by atoms with Crippen LogP contribution in [0.1, 0.15) is 5.56 Å². The first-order valence-electron chi connectivity index (χ1n) is 6.24. The Hall–Kier alpha value is -2.36. The zero-order valence-electron chi connectivity index (χ0n) is 10.9. The van der Waals surface area contributed by atoms with E-state index in [0.717, 1.165) is 22.7 Å². The van der Waals surface area contributed by atoms with Crippen molar-refractivity contribution < 1.29 is 13.5 Å². The highest BCUT2D eigenvalue weighted by Gasteiger charge is 2.07. The van der Waals surface area contributed by atoms with Crippen LogP contribution in [0.5, 0.6) is 5.75 Å². The molecule has 102 valence electrons. The first-order chi connectivity index (χ1) is 9.67. The minimum atomic E-state index is -0.561. The van der Waals surface area contributed by atoms with Crippen LogP contribution in [0.4, 0.5) is 8.78 Å². The number of hydrogen-bond donors (Lipinski definition) is 0. The molecule has 0 spiro atoms. The van der Waals surface area contributed by atoms with Crippen LogP contribution in [0.15, 0.2) is 48.7 Å². The van der Waals surface area contributed by atoms with Crippen molar-refractivity contribution in [3.63, 3.8) is 0 Å². The highest BCUT2D eigenvalue weighted by atomic mass is 19.1. The number of methoxy groups -OCH3 is 1. The van der Waals surface area contributed by atoms with Gasteiger partial charge in [0.05, 0.1) is 12.6 Å². The number of aromatic nitrogens is 1. The van der Waals surface area contributed by atoms with Crippen LogP contribution in [0.2, 0.25) is 0 Å². The van der Waals surface area contributed by atoms with Gasteiger partial charge in [0.15, 0.2) is 0 Å². The molecule has 1 heterocycles. The molecule has 0 amide bonds. The van der Waals surface area contributed by atoms with E-state index in [1.807, 2.05) is 35.0 Å². The lowest BCUT2D eigenvalue weighted by molar-refractivity contribution is 0.420. The molecule has 0 aliphatic rings. The van der Waals surface area contributed by atoms with Gasteiger partial charge in [-0.05, 0) is 35.9 Å². The number of nitrogens with zero attached hydrogens (tertiary/aromatic N) is 1. The topological polar surface area (TPSA) is 14.2 Å². The summed E-state index contributed by atoms with van der Waals surface area (Å²) in [6, 6.07) is 11.2.